The molecule has 1 unspecified atom stereocenters. The first-order valence-electron chi connectivity index (χ1n) is 11.0. The van der Waals surface area contributed by atoms with Crippen molar-refractivity contribution in [1.29, 1.82) is 0 Å². The van der Waals surface area contributed by atoms with Crippen LogP contribution in [0.15, 0.2) is 30.3 Å². The maximum atomic E-state index is 12.2. The van der Waals surface area contributed by atoms with E-state index in [1.165, 1.54) is 43.2 Å². The molecule has 2 saturated carbocycles. The van der Waals surface area contributed by atoms with E-state index in [0.717, 1.165) is 36.3 Å². The zero-order chi connectivity index (χ0) is 20.0. The lowest BCUT2D eigenvalue weighted by Gasteiger charge is -2.54. The highest BCUT2D eigenvalue weighted by Crippen LogP contribution is 2.56. The molecule has 0 saturated heterocycles. The Morgan fingerprint density at radius 3 is 2.69 bits per heavy atom. The van der Waals surface area contributed by atoms with Crippen molar-refractivity contribution >= 4 is 11.7 Å². The molecule has 5 heteroatoms. The number of rotatable bonds is 5. The number of primary amides is 1. The number of pyridine rings is 1. The quantitative estimate of drug-likeness (QED) is 0.724. The van der Waals surface area contributed by atoms with Gasteiger partial charge in [0.2, 0.25) is 0 Å². The van der Waals surface area contributed by atoms with E-state index >= 15 is 0 Å². The van der Waals surface area contributed by atoms with Gasteiger partial charge >= 0.3 is 0 Å². The summed E-state index contributed by atoms with van der Waals surface area (Å²) in [4.78, 5) is 16.8. The van der Waals surface area contributed by atoms with Gasteiger partial charge in [0.25, 0.3) is 5.91 Å². The molecule has 1 atom stereocenters. The highest BCUT2D eigenvalue weighted by molar-refractivity contribution is 5.93. The van der Waals surface area contributed by atoms with Crippen LogP contribution in [0.2, 0.25) is 0 Å². The molecule has 2 fully saturated rings. The lowest BCUT2D eigenvalue weighted by atomic mass is 9.54. The van der Waals surface area contributed by atoms with Crippen molar-refractivity contribution in [3.63, 3.8) is 0 Å². The monoisotopic (exact) mass is 390 g/mol. The Kier molecular flexibility index (Phi) is 4.58. The summed E-state index contributed by atoms with van der Waals surface area (Å²) in [5.74, 6) is 0.359. The van der Waals surface area contributed by atoms with E-state index in [0.29, 0.717) is 17.2 Å². The molecule has 0 bridgehead atoms. The minimum Gasteiger partial charge on any atom is -0.367 e. The molecular weight excluding hydrogens is 360 g/mol. The van der Waals surface area contributed by atoms with Crippen LogP contribution in [-0.4, -0.2) is 16.9 Å². The van der Waals surface area contributed by atoms with Gasteiger partial charge in [-0.25, -0.2) is 4.98 Å². The summed E-state index contributed by atoms with van der Waals surface area (Å²) in [5, 5.41) is 7.26. The SMILES string of the molecule is CCc1c(C2Cc3ccccc3CN2)cc(NC2CC3(CCC3)C2)nc1C(N)=O. The van der Waals surface area contributed by atoms with E-state index in [4.69, 9.17) is 5.73 Å². The van der Waals surface area contributed by atoms with Crippen molar-refractivity contribution in [1.82, 2.24) is 10.3 Å². The van der Waals surface area contributed by atoms with Crippen molar-refractivity contribution in [2.45, 2.75) is 70.5 Å². The summed E-state index contributed by atoms with van der Waals surface area (Å²) in [6, 6.07) is 11.4. The molecule has 1 aliphatic heterocycles. The zero-order valence-corrected chi connectivity index (χ0v) is 17.1. The predicted octanol–water partition coefficient (Wildman–Crippen LogP) is 3.87. The van der Waals surface area contributed by atoms with Crippen LogP contribution in [0.1, 0.15) is 77.8 Å². The van der Waals surface area contributed by atoms with Crippen LogP contribution >= 0.6 is 0 Å². The number of benzene rings is 1. The van der Waals surface area contributed by atoms with Gasteiger partial charge in [0.05, 0.1) is 0 Å². The van der Waals surface area contributed by atoms with Crippen LogP contribution in [-0.2, 0) is 19.4 Å². The normalized spacial score (nSPS) is 22.4. The van der Waals surface area contributed by atoms with Gasteiger partial charge in [-0.05, 0) is 72.3 Å². The minimum absolute atomic E-state index is 0.167. The smallest absolute Gasteiger partial charge is 0.267 e. The van der Waals surface area contributed by atoms with Crippen LogP contribution in [0.4, 0.5) is 5.82 Å². The second kappa shape index (κ2) is 7.13. The molecule has 1 amide bonds. The number of nitrogens with one attached hydrogen (secondary N) is 2. The highest BCUT2D eigenvalue weighted by Gasteiger charge is 2.48. The first-order valence-corrected chi connectivity index (χ1v) is 11.0. The van der Waals surface area contributed by atoms with Crippen molar-refractivity contribution in [3.8, 4) is 0 Å². The molecule has 5 nitrogen and oxygen atoms in total. The molecule has 1 aromatic carbocycles. The molecule has 0 radical (unpaired) electrons. The fourth-order valence-electron chi connectivity index (χ4n) is 5.61. The van der Waals surface area contributed by atoms with Gasteiger partial charge < -0.3 is 16.4 Å². The number of amides is 1. The van der Waals surface area contributed by atoms with Crippen LogP contribution in [0.25, 0.3) is 0 Å². The fraction of sp³-hybridized carbons (Fsp3) is 0.500. The molecule has 2 aromatic rings. The second-order valence-corrected chi connectivity index (χ2v) is 9.15. The summed E-state index contributed by atoms with van der Waals surface area (Å²) >= 11 is 0. The minimum atomic E-state index is -0.438. The van der Waals surface area contributed by atoms with Crippen molar-refractivity contribution in [2.24, 2.45) is 11.1 Å². The zero-order valence-electron chi connectivity index (χ0n) is 17.1. The highest BCUT2D eigenvalue weighted by atomic mass is 16.1. The average molecular weight is 391 g/mol. The Labute approximate surface area is 172 Å². The Bertz CT molecular complexity index is 942. The van der Waals surface area contributed by atoms with Crippen LogP contribution in [0.3, 0.4) is 0 Å². The standard InChI is InChI=1S/C24H30N4O/c1-2-18-19(20-10-15-6-3-4-7-16(15)14-26-20)11-21(28-22(18)23(25)29)27-17-12-24(13-17)8-5-9-24/h3-4,6-7,11,17,20,26H,2,5,8-10,12-14H2,1H3,(H2,25,29)(H,27,28). The number of hydrogen-bond donors (Lipinski definition) is 3. The third-order valence-electron chi connectivity index (χ3n) is 7.33. The van der Waals surface area contributed by atoms with Crippen molar-refractivity contribution < 1.29 is 4.79 Å². The van der Waals surface area contributed by atoms with E-state index in [1.807, 2.05) is 0 Å². The van der Waals surface area contributed by atoms with E-state index in [9.17, 15) is 4.79 Å². The first kappa shape index (κ1) is 18.6. The number of aromatic nitrogens is 1. The van der Waals surface area contributed by atoms with Crippen LogP contribution in [0.5, 0.6) is 0 Å². The Morgan fingerprint density at radius 1 is 1.28 bits per heavy atom. The Morgan fingerprint density at radius 2 is 2.03 bits per heavy atom. The molecule has 29 heavy (non-hydrogen) atoms. The molecule has 4 N–H and O–H groups in total. The number of nitrogens with zero attached hydrogens (tertiary/aromatic N) is 1. The molecule has 152 valence electrons. The third kappa shape index (κ3) is 3.31. The van der Waals surface area contributed by atoms with Crippen molar-refractivity contribution in [2.75, 3.05) is 5.32 Å². The number of carbonyl (C=O) groups excluding carboxylic acids is 1. The van der Waals surface area contributed by atoms with Gasteiger partial charge in [0, 0.05) is 18.6 Å². The van der Waals surface area contributed by atoms with Crippen molar-refractivity contribution in [3.05, 3.63) is 58.3 Å². The summed E-state index contributed by atoms with van der Waals surface area (Å²) in [6.07, 6.45) is 8.22. The van der Waals surface area contributed by atoms with E-state index < -0.39 is 5.91 Å². The van der Waals surface area contributed by atoms with Gasteiger partial charge in [-0.15, -0.1) is 0 Å². The summed E-state index contributed by atoms with van der Waals surface area (Å²) in [5.41, 5.74) is 11.6. The summed E-state index contributed by atoms with van der Waals surface area (Å²) < 4.78 is 0. The van der Waals surface area contributed by atoms with Gasteiger partial charge in [0.15, 0.2) is 0 Å². The third-order valence-corrected chi connectivity index (χ3v) is 7.33. The van der Waals surface area contributed by atoms with Gasteiger partial charge in [-0.1, -0.05) is 37.6 Å². The molecule has 1 aromatic heterocycles. The largest absolute Gasteiger partial charge is 0.367 e. The van der Waals surface area contributed by atoms with Gasteiger partial charge in [-0.3, -0.25) is 4.79 Å². The maximum Gasteiger partial charge on any atom is 0.267 e. The van der Waals surface area contributed by atoms with Crippen LogP contribution < -0.4 is 16.4 Å². The summed E-state index contributed by atoms with van der Waals surface area (Å²) in [6.45, 7) is 2.91. The number of fused-ring (bicyclic) bond motifs is 1. The molecular formula is C24H30N4O. The lowest BCUT2D eigenvalue weighted by molar-refractivity contribution is 0.0191. The van der Waals surface area contributed by atoms with Crippen LogP contribution in [0, 0.1) is 5.41 Å². The van der Waals surface area contributed by atoms with Gasteiger partial charge in [-0.2, -0.15) is 0 Å². The molecule has 1 spiro atoms. The predicted molar refractivity (Wildman–Crippen MR) is 115 cm³/mol. The summed E-state index contributed by atoms with van der Waals surface area (Å²) in [7, 11) is 0. The van der Waals surface area contributed by atoms with E-state index in [2.05, 4.69) is 52.9 Å². The number of hydrogen-bond acceptors (Lipinski definition) is 4. The lowest BCUT2D eigenvalue weighted by Crippen LogP contribution is -2.49. The molecule has 3 aliphatic rings. The molecule has 2 aliphatic carbocycles. The molecule has 2 heterocycles. The second-order valence-electron chi connectivity index (χ2n) is 9.15. The number of anilines is 1. The average Bonchev–Trinajstić information content (AvgIpc) is 2.67. The maximum absolute atomic E-state index is 12.2. The number of nitrogens with two attached hydrogens (primary N) is 1. The van der Waals surface area contributed by atoms with Gasteiger partial charge in [0.1, 0.15) is 11.5 Å². The first-order chi connectivity index (χ1) is 14.1. The number of carbonyl (C=O) groups is 1. The topological polar surface area (TPSA) is 80.0 Å². The molecule has 5 rings (SSSR count). The van der Waals surface area contributed by atoms with E-state index in [1.54, 1.807) is 0 Å². The Hall–Kier alpha value is -2.40. The van der Waals surface area contributed by atoms with E-state index in [-0.39, 0.29) is 6.04 Å². The Balaban J connectivity index is 1.45. The fourth-order valence-corrected chi connectivity index (χ4v) is 5.61.